The number of hydrogen-bond acceptors (Lipinski definition) is 1. The van der Waals surface area contributed by atoms with Gasteiger partial charge in [-0.05, 0) is 37.7 Å². The molecule has 1 rings (SSSR count). The Balaban J connectivity index is 2.16. The minimum absolute atomic E-state index is 0.0544. The molecule has 2 N–H and O–H groups in total. The van der Waals surface area contributed by atoms with E-state index in [4.69, 9.17) is 0 Å². The molecule has 0 radical (unpaired) electrons. The zero-order valence-corrected chi connectivity index (χ0v) is 12.3. The lowest BCUT2D eigenvalue weighted by Crippen LogP contribution is -2.41. The van der Waals surface area contributed by atoms with Gasteiger partial charge >= 0.3 is 6.03 Å². The fourth-order valence-corrected chi connectivity index (χ4v) is 1.85. The van der Waals surface area contributed by atoms with Crippen LogP contribution in [0.4, 0.5) is 4.79 Å². The summed E-state index contributed by atoms with van der Waals surface area (Å²) in [6.07, 6.45) is 2.97. The van der Waals surface area contributed by atoms with E-state index in [0.717, 1.165) is 25.8 Å². The van der Waals surface area contributed by atoms with E-state index in [1.54, 1.807) is 0 Å². The van der Waals surface area contributed by atoms with Gasteiger partial charge in [0, 0.05) is 12.6 Å². The van der Waals surface area contributed by atoms with Crippen molar-refractivity contribution in [3.8, 4) is 0 Å². The first-order valence-corrected chi connectivity index (χ1v) is 7.16. The highest BCUT2D eigenvalue weighted by molar-refractivity contribution is 5.74. The molecule has 0 aromatic heterocycles. The molecular weight excluding hydrogens is 236 g/mol. The topological polar surface area (TPSA) is 41.1 Å². The molecule has 1 aromatic rings. The van der Waals surface area contributed by atoms with Crippen LogP contribution in [0.15, 0.2) is 30.3 Å². The molecule has 0 fully saturated rings. The third-order valence-corrected chi connectivity index (χ3v) is 3.09. The van der Waals surface area contributed by atoms with Crippen LogP contribution >= 0.6 is 0 Å². The second-order valence-corrected chi connectivity index (χ2v) is 5.51. The van der Waals surface area contributed by atoms with Crippen molar-refractivity contribution in [3.05, 3.63) is 35.9 Å². The summed E-state index contributed by atoms with van der Waals surface area (Å²) >= 11 is 0. The van der Waals surface area contributed by atoms with E-state index in [1.165, 1.54) is 5.56 Å². The molecule has 0 bridgehead atoms. The van der Waals surface area contributed by atoms with Gasteiger partial charge < -0.3 is 10.6 Å². The minimum atomic E-state index is -0.0544. The Labute approximate surface area is 116 Å². The van der Waals surface area contributed by atoms with Gasteiger partial charge in [-0.25, -0.2) is 4.79 Å². The number of rotatable bonds is 7. The Kier molecular flexibility index (Phi) is 7.01. The molecule has 0 saturated heterocycles. The molecule has 106 valence electrons. The molecule has 0 heterocycles. The first kappa shape index (κ1) is 15.5. The Hall–Kier alpha value is -1.51. The number of urea groups is 1. The standard InChI is InChI=1S/C16H26N2O/c1-13(2)11-12-17-16(19)18-14(3)9-10-15-7-5-4-6-8-15/h4-8,13-14H,9-12H2,1-3H3,(H2,17,18,19). The van der Waals surface area contributed by atoms with Gasteiger partial charge in [0.2, 0.25) is 0 Å². The van der Waals surface area contributed by atoms with Crippen LogP contribution < -0.4 is 10.6 Å². The highest BCUT2D eigenvalue weighted by Gasteiger charge is 2.06. The second-order valence-electron chi connectivity index (χ2n) is 5.51. The van der Waals surface area contributed by atoms with Gasteiger partial charge in [-0.15, -0.1) is 0 Å². The molecule has 19 heavy (non-hydrogen) atoms. The first-order chi connectivity index (χ1) is 9.08. The predicted molar refractivity (Wildman–Crippen MR) is 80.2 cm³/mol. The van der Waals surface area contributed by atoms with Crippen LogP contribution in [0.5, 0.6) is 0 Å². The molecule has 1 aromatic carbocycles. The zero-order valence-electron chi connectivity index (χ0n) is 12.3. The van der Waals surface area contributed by atoms with Crippen molar-refractivity contribution in [2.45, 2.75) is 46.1 Å². The zero-order chi connectivity index (χ0) is 14.1. The largest absolute Gasteiger partial charge is 0.338 e. The molecule has 0 aliphatic heterocycles. The summed E-state index contributed by atoms with van der Waals surface area (Å²) in [7, 11) is 0. The molecule has 2 amide bonds. The van der Waals surface area contributed by atoms with Gasteiger partial charge in [-0.3, -0.25) is 0 Å². The van der Waals surface area contributed by atoms with Crippen molar-refractivity contribution in [2.24, 2.45) is 5.92 Å². The van der Waals surface area contributed by atoms with Gasteiger partial charge in [-0.2, -0.15) is 0 Å². The Morgan fingerprint density at radius 1 is 1.11 bits per heavy atom. The molecule has 0 aliphatic rings. The first-order valence-electron chi connectivity index (χ1n) is 7.16. The number of carbonyl (C=O) groups is 1. The average molecular weight is 262 g/mol. The molecule has 1 unspecified atom stereocenters. The molecule has 3 heteroatoms. The Morgan fingerprint density at radius 2 is 1.79 bits per heavy atom. The third-order valence-electron chi connectivity index (χ3n) is 3.09. The third kappa shape index (κ3) is 7.50. The predicted octanol–water partition coefficient (Wildman–Crippen LogP) is 3.35. The second kappa shape index (κ2) is 8.57. The maximum Gasteiger partial charge on any atom is 0.314 e. The molecular formula is C16H26N2O. The smallest absolute Gasteiger partial charge is 0.314 e. The molecule has 0 spiro atoms. The summed E-state index contributed by atoms with van der Waals surface area (Å²) in [5.74, 6) is 0.621. The van der Waals surface area contributed by atoms with Crippen molar-refractivity contribution in [1.82, 2.24) is 10.6 Å². The van der Waals surface area contributed by atoms with Crippen LogP contribution in [-0.2, 0) is 6.42 Å². The van der Waals surface area contributed by atoms with Crippen molar-refractivity contribution in [2.75, 3.05) is 6.54 Å². The average Bonchev–Trinajstić information content (AvgIpc) is 2.37. The quantitative estimate of drug-likeness (QED) is 0.777. The van der Waals surface area contributed by atoms with Crippen molar-refractivity contribution in [1.29, 1.82) is 0 Å². The number of nitrogens with one attached hydrogen (secondary N) is 2. The molecule has 3 nitrogen and oxygen atoms in total. The number of carbonyl (C=O) groups excluding carboxylic acids is 1. The Bertz CT molecular complexity index is 362. The minimum Gasteiger partial charge on any atom is -0.338 e. The van der Waals surface area contributed by atoms with E-state index in [9.17, 15) is 4.79 Å². The lowest BCUT2D eigenvalue weighted by atomic mass is 10.1. The molecule has 0 aliphatic carbocycles. The number of amides is 2. The summed E-state index contributed by atoms with van der Waals surface area (Å²) in [6, 6.07) is 10.5. The highest BCUT2D eigenvalue weighted by atomic mass is 16.2. The van der Waals surface area contributed by atoms with Gasteiger partial charge in [0.25, 0.3) is 0 Å². The van der Waals surface area contributed by atoms with Crippen LogP contribution in [0.3, 0.4) is 0 Å². The summed E-state index contributed by atoms with van der Waals surface area (Å²) in [4.78, 5) is 11.6. The van der Waals surface area contributed by atoms with E-state index in [0.29, 0.717) is 5.92 Å². The van der Waals surface area contributed by atoms with Crippen molar-refractivity contribution < 1.29 is 4.79 Å². The van der Waals surface area contributed by atoms with Crippen molar-refractivity contribution in [3.63, 3.8) is 0 Å². The van der Waals surface area contributed by atoms with Crippen LogP contribution in [0.1, 0.15) is 39.2 Å². The fraction of sp³-hybridized carbons (Fsp3) is 0.562. The number of aryl methyl sites for hydroxylation is 1. The summed E-state index contributed by atoms with van der Waals surface area (Å²) in [5, 5.41) is 5.87. The number of benzene rings is 1. The van der Waals surface area contributed by atoms with Gasteiger partial charge in [0.1, 0.15) is 0 Å². The van der Waals surface area contributed by atoms with E-state index in [-0.39, 0.29) is 12.1 Å². The van der Waals surface area contributed by atoms with E-state index in [2.05, 4.69) is 36.6 Å². The van der Waals surface area contributed by atoms with Crippen LogP contribution in [0, 0.1) is 5.92 Å². The maximum atomic E-state index is 11.6. The lowest BCUT2D eigenvalue weighted by Gasteiger charge is -2.15. The fourth-order valence-electron chi connectivity index (χ4n) is 1.85. The van der Waals surface area contributed by atoms with Gasteiger partial charge in [0.15, 0.2) is 0 Å². The van der Waals surface area contributed by atoms with Crippen molar-refractivity contribution >= 4 is 6.03 Å². The lowest BCUT2D eigenvalue weighted by molar-refractivity contribution is 0.236. The highest BCUT2D eigenvalue weighted by Crippen LogP contribution is 2.04. The van der Waals surface area contributed by atoms with Gasteiger partial charge in [0.05, 0.1) is 0 Å². The summed E-state index contributed by atoms with van der Waals surface area (Å²) in [5.41, 5.74) is 1.32. The van der Waals surface area contributed by atoms with Crippen LogP contribution in [-0.4, -0.2) is 18.6 Å². The summed E-state index contributed by atoms with van der Waals surface area (Å²) in [6.45, 7) is 7.10. The Morgan fingerprint density at radius 3 is 2.42 bits per heavy atom. The SMILES string of the molecule is CC(C)CCNC(=O)NC(C)CCc1ccccc1. The monoisotopic (exact) mass is 262 g/mol. The van der Waals surface area contributed by atoms with Crippen LogP contribution in [0.2, 0.25) is 0 Å². The molecule has 1 atom stereocenters. The molecule has 0 saturated carbocycles. The van der Waals surface area contributed by atoms with E-state index < -0.39 is 0 Å². The van der Waals surface area contributed by atoms with E-state index >= 15 is 0 Å². The maximum absolute atomic E-state index is 11.6. The van der Waals surface area contributed by atoms with E-state index in [1.807, 2.05) is 25.1 Å². The van der Waals surface area contributed by atoms with Crippen LogP contribution in [0.25, 0.3) is 0 Å². The number of hydrogen-bond donors (Lipinski definition) is 2. The summed E-state index contributed by atoms with van der Waals surface area (Å²) < 4.78 is 0. The normalized spacial score (nSPS) is 12.2. The van der Waals surface area contributed by atoms with Gasteiger partial charge in [-0.1, -0.05) is 44.2 Å².